The summed E-state index contributed by atoms with van der Waals surface area (Å²) in [4.78, 5) is 48.3. The molecule has 0 fully saturated rings. The van der Waals surface area contributed by atoms with E-state index in [1.165, 1.54) is 83.5 Å². The molecule has 0 spiro atoms. The van der Waals surface area contributed by atoms with E-state index >= 15 is 0 Å². The number of unbranched alkanes of at least 4 members (excludes halogenated alkanes) is 24. The maximum atomic E-state index is 12.8. The maximum Gasteiger partial charge on any atom is 0.472 e. The Labute approximate surface area is 403 Å². The first-order valence-electron chi connectivity index (χ1n) is 26.5. The summed E-state index contributed by atoms with van der Waals surface area (Å²) in [6.07, 6.45) is 49.4. The van der Waals surface area contributed by atoms with E-state index in [1.54, 1.807) is 0 Å². The van der Waals surface area contributed by atoms with Crippen LogP contribution in [-0.2, 0) is 42.2 Å². The molecule has 0 aromatic carbocycles. The van der Waals surface area contributed by atoms with Gasteiger partial charge in [-0.25, -0.2) is 4.57 Å². The molecule has 0 heterocycles. The summed E-state index contributed by atoms with van der Waals surface area (Å²) in [5.74, 6) is -1.50. The van der Waals surface area contributed by atoms with Crippen LogP contribution in [0.25, 0.3) is 0 Å². The second-order valence-electron chi connectivity index (χ2n) is 17.7. The third kappa shape index (κ3) is 46.5. The van der Waals surface area contributed by atoms with Crippen molar-refractivity contribution in [3.05, 3.63) is 48.6 Å². The van der Waals surface area contributed by atoms with E-state index in [0.717, 1.165) is 96.3 Å². The number of hydrogen-bond acceptors (Lipinski definition) is 10. The van der Waals surface area contributed by atoms with Crippen LogP contribution in [0.1, 0.15) is 239 Å². The summed E-state index contributed by atoms with van der Waals surface area (Å²) in [5.41, 5.74) is 0. The van der Waals surface area contributed by atoms with Crippen LogP contribution in [0, 0.1) is 0 Å². The van der Waals surface area contributed by atoms with Gasteiger partial charge in [0.25, 0.3) is 0 Å². The van der Waals surface area contributed by atoms with Crippen LogP contribution in [0.2, 0.25) is 0 Å². The normalized spacial score (nSPS) is 13.8. The molecule has 0 aliphatic carbocycles. The van der Waals surface area contributed by atoms with Crippen LogP contribution in [-0.4, -0.2) is 66.5 Å². The van der Waals surface area contributed by atoms with E-state index in [1.807, 2.05) is 0 Å². The van der Waals surface area contributed by atoms with Gasteiger partial charge in [0.15, 0.2) is 6.10 Å². The highest BCUT2D eigenvalue weighted by Gasteiger charge is 2.28. The first-order valence-corrected chi connectivity index (χ1v) is 28.0. The summed E-state index contributed by atoms with van der Waals surface area (Å²) >= 11 is 0. The van der Waals surface area contributed by atoms with Crippen molar-refractivity contribution < 1.29 is 52.2 Å². The standard InChI is InChI=1S/C54H97O11P/c1-4-7-10-13-16-19-22-24-25-27-30-33-36-39-42-45-54(58)65-51(47-61-52(56)43-40-37-34-31-29-26-23-20-17-14-11-8-5-2)49-63-66(59,60)62-48-50(46-55)64-53(57)44-41-38-35-32-28-21-18-15-12-9-6-3/h8,11,15,17-18,20,26,29,50-51,55H,4-7,9-10,12-14,16,19,21-25,27-28,30-49H2,1-3H3,(H,59,60)/b11-8-,18-15-,20-17-,29-26-. The number of aliphatic hydroxyl groups is 1. The molecule has 0 saturated heterocycles. The zero-order valence-corrected chi connectivity index (χ0v) is 43.1. The third-order valence-electron chi connectivity index (χ3n) is 11.2. The minimum Gasteiger partial charge on any atom is -0.462 e. The van der Waals surface area contributed by atoms with Gasteiger partial charge in [-0.15, -0.1) is 0 Å². The molecule has 0 aliphatic rings. The molecule has 66 heavy (non-hydrogen) atoms. The Bertz CT molecular complexity index is 1300. The quantitative estimate of drug-likeness (QED) is 0.0197. The predicted octanol–water partition coefficient (Wildman–Crippen LogP) is 15.0. The van der Waals surface area contributed by atoms with Crippen molar-refractivity contribution in [2.75, 3.05) is 26.4 Å². The van der Waals surface area contributed by atoms with Crippen molar-refractivity contribution in [3.8, 4) is 0 Å². The Morgan fingerprint density at radius 3 is 1.29 bits per heavy atom. The minimum atomic E-state index is -4.74. The third-order valence-corrected chi connectivity index (χ3v) is 12.2. The molecule has 2 N–H and O–H groups in total. The van der Waals surface area contributed by atoms with Gasteiger partial charge in [-0.05, 0) is 70.6 Å². The fraction of sp³-hybridized carbons (Fsp3) is 0.796. The number of phosphoric acid groups is 1. The van der Waals surface area contributed by atoms with Crippen LogP contribution in [0.4, 0.5) is 0 Å². The smallest absolute Gasteiger partial charge is 0.462 e. The minimum absolute atomic E-state index is 0.164. The molecule has 0 aromatic heterocycles. The molecule has 3 atom stereocenters. The lowest BCUT2D eigenvalue weighted by atomic mass is 10.0. The molecule has 0 bridgehead atoms. The predicted molar refractivity (Wildman–Crippen MR) is 270 cm³/mol. The van der Waals surface area contributed by atoms with Crippen molar-refractivity contribution in [3.63, 3.8) is 0 Å². The molecule has 0 radical (unpaired) electrons. The van der Waals surface area contributed by atoms with Crippen molar-refractivity contribution in [1.82, 2.24) is 0 Å². The molecule has 3 unspecified atom stereocenters. The summed E-state index contributed by atoms with van der Waals surface area (Å²) in [6.45, 7) is 4.45. The molecule has 384 valence electrons. The van der Waals surface area contributed by atoms with E-state index in [0.29, 0.717) is 19.3 Å². The van der Waals surface area contributed by atoms with Crippen LogP contribution in [0.15, 0.2) is 48.6 Å². The van der Waals surface area contributed by atoms with Crippen LogP contribution >= 0.6 is 7.82 Å². The van der Waals surface area contributed by atoms with E-state index < -0.39 is 57.8 Å². The highest BCUT2D eigenvalue weighted by atomic mass is 31.2. The highest BCUT2D eigenvalue weighted by Crippen LogP contribution is 2.43. The summed E-state index contributed by atoms with van der Waals surface area (Å²) in [7, 11) is -4.74. The molecule has 12 heteroatoms. The van der Waals surface area contributed by atoms with Crippen molar-refractivity contribution in [1.29, 1.82) is 0 Å². The lowest BCUT2D eigenvalue weighted by molar-refractivity contribution is -0.161. The van der Waals surface area contributed by atoms with Gasteiger partial charge in [-0.3, -0.25) is 23.4 Å². The Hall–Kier alpha value is -2.56. The van der Waals surface area contributed by atoms with Gasteiger partial charge in [0.05, 0.1) is 19.8 Å². The van der Waals surface area contributed by atoms with Gasteiger partial charge in [-0.2, -0.15) is 0 Å². The first-order chi connectivity index (χ1) is 32.2. The number of phosphoric ester groups is 1. The van der Waals surface area contributed by atoms with Gasteiger partial charge >= 0.3 is 25.7 Å². The Morgan fingerprint density at radius 1 is 0.439 bits per heavy atom. The first kappa shape index (κ1) is 63.4. The molecule has 0 aromatic rings. The summed E-state index contributed by atoms with van der Waals surface area (Å²) in [5, 5.41) is 9.76. The second-order valence-corrected chi connectivity index (χ2v) is 19.1. The van der Waals surface area contributed by atoms with Crippen molar-refractivity contribution in [2.24, 2.45) is 0 Å². The summed E-state index contributed by atoms with van der Waals surface area (Å²) < 4.78 is 39.3. The average molecular weight is 953 g/mol. The molecular formula is C54H97O11P. The number of allylic oxidation sites excluding steroid dienone is 8. The zero-order chi connectivity index (χ0) is 48.4. The monoisotopic (exact) mass is 953 g/mol. The second kappa shape index (κ2) is 48.9. The molecule has 0 aliphatic heterocycles. The lowest BCUT2D eigenvalue weighted by Gasteiger charge is -2.21. The highest BCUT2D eigenvalue weighted by molar-refractivity contribution is 7.47. The van der Waals surface area contributed by atoms with E-state index in [-0.39, 0.29) is 25.9 Å². The topological polar surface area (TPSA) is 155 Å². The van der Waals surface area contributed by atoms with Crippen LogP contribution < -0.4 is 0 Å². The largest absolute Gasteiger partial charge is 0.472 e. The summed E-state index contributed by atoms with van der Waals surface area (Å²) in [6, 6.07) is 0. The number of esters is 3. The zero-order valence-electron chi connectivity index (χ0n) is 42.2. The van der Waals surface area contributed by atoms with Gasteiger partial charge in [0.1, 0.15) is 12.7 Å². The van der Waals surface area contributed by atoms with Crippen molar-refractivity contribution in [2.45, 2.75) is 251 Å². The number of rotatable bonds is 49. The molecular weight excluding hydrogens is 856 g/mol. The number of ether oxygens (including phenoxy) is 3. The van der Waals surface area contributed by atoms with Crippen LogP contribution in [0.3, 0.4) is 0 Å². The Morgan fingerprint density at radius 2 is 0.803 bits per heavy atom. The fourth-order valence-corrected chi connectivity index (χ4v) is 7.96. The Kier molecular flexibility index (Phi) is 47.0. The molecule has 0 amide bonds. The number of carbonyl (C=O) groups is 3. The van der Waals surface area contributed by atoms with E-state index in [4.69, 9.17) is 23.3 Å². The van der Waals surface area contributed by atoms with Gasteiger partial charge in [0.2, 0.25) is 0 Å². The Balaban J connectivity index is 4.76. The molecule has 0 saturated carbocycles. The fourth-order valence-electron chi connectivity index (χ4n) is 7.17. The molecule has 11 nitrogen and oxygen atoms in total. The van der Waals surface area contributed by atoms with Gasteiger partial charge in [0, 0.05) is 19.3 Å². The van der Waals surface area contributed by atoms with E-state index in [2.05, 4.69) is 69.4 Å². The molecule has 0 rings (SSSR count). The van der Waals surface area contributed by atoms with Gasteiger partial charge in [-0.1, -0.05) is 198 Å². The van der Waals surface area contributed by atoms with Crippen LogP contribution in [0.5, 0.6) is 0 Å². The van der Waals surface area contributed by atoms with Gasteiger partial charge < -0.3 is 24.2 Å². The maximum absolute atomic E-state index is 12.8. The number of carbonyl (C=O) groups excluding carboxylic acids is 3. The number of hydrogen-bond donors (Lipinski definition) is 2. The lowest BCUT2D eigenvalue weighted by Crippen LogP contribution is -2.30. The SMILES string of the molecule is CC/C=C\C/C=C\C/C=C\CCCCCC(=O)OCC(COP(=O)(O)OCC(CO)OC(=O)CCCCCCC/C=C\CCCC)OC(=O)CCCCCCCCCCCCCCCCC. The van der Waals surface area contributed by atoms with Crippen molar-refractivity contribution >= 4 is 25.7 Å². The van der Waals surface area contributed by atoms with E-state index in [9.17, 15) is 28.9 Å². The average Bonchev–Trinajstić information content (AvgIpc) is 3.30. The number of aliphatic hydroxyl groups excluding tert-OH is 1.